The molecule has 0 spiro atoms. The predicted octanol–water partition coefficient (Wildman–Crippen LogP) is 4.58. The van der Waals surface area contributed by atoms with E-state index < -0.39 is 6.09 Å². The molecule has 5 rings (SSSR count). The number of benzene rings is 2. The van der Waals surface area contributed by atoms with Crippen molar-refractivity contribution in [2.75, 3.05) is 32.1 Å². The molecule has 0 unspecified atom stereocenters. The summed E-state index contributed by atoms with van der Waals surface area (Å²) in [5.74, 6) is 1.66. The molecule has 10 nitrogen and oxygen atoms in total. The molecule has 196 valence electrons. The molecule has 2 amide bonds. The molecule has 0 aliphatic carbocycles. The Balaban J connectivity index is 1.29. The number of carbonyl (C=O) groups excluding carboxylic acids is 1. The van der Waals surface area contributed by atoms with Gasteiger partial charge in [0.05, 0.1) is 19.0 Å². The molecule has 2 aromatic carbocycles. The number of anilines is 2. The molecule has 1 saturated heterocycles. The number of aromatic nitrogens is 3. The molecule has 1 aliphatic heterocycles. The summed E-state index contributed by atoms with van der Waals surface area (Å²) in [4.78, 5) is 34.9. The molecule has 0 saturated carbocycles. The lowest BCUT2D eigenvalue weighted by molar-refractivity contribution is 0.0688. The van der Waals surface area contributed by atoms with Gasteiger partial charge in [0.1, 0.15) is 5.75 Å². The minimum atomic E-state index is -1.01. The SMILES string of the molecule is COc1ccc(-c2cnc3c(Nc4ccc(C(=O)N5CCC(CNC(=O)O)CC5)c(C)c4)nccn23)cc1. The topological polar surface area (TPSA) is 121 Å². The van der Waals surface area contributed by atoms with Crippen LogP contribution in [0.2, 0.25) is 0 Å². The highest BCUT2D eigenvalue weighted by molar-refractivity contribution is 5.96. The summed E-state index contributed by atoms with van der Waals surface area (Å²) in [7, 11) is 1.64. The fourth-order valence-corrected chi connectivity index (χ4v) is 4.84. The monoisotopic (exact) mass is 514 g/mol. The molecular formula is C28H30N6O4. The number of imidazole rings is 1. The quantitative estimate of drug-likeness (QED) is 0.330. The molecule has 2 aromatic heterocycles. The Kier molecular flexibility index (Phi) is 7.12. The predicted molar refractivity (Wildman–Crippen MR) is 144 cm³/mol. The number of likely N-dealkylation sites (tertiary alicyclic amines) is 1. The van der Waals surface area contributed by atoms with E-state index >= 15 is 0 Å². The van der Waals surface area contributed by atoms with Crippen LogP contribution in [0.3, 0.4) is 0 Å². The van der Waals surface area contributed by atoms with Crippen molar-refractivity contribution in [1.29, 1.82) is 0 Å². The fourth-order valence-electron chi connectivity index (χ4n) is 4.84. The normalized spacial score (nSPS) is 13.9. The van der Waals surface area contributed by atoms with E-state index in [4.69, 9.17) is 9.84 Å². The Morgan fingerprint density at radius 1 is 1.11 bits per heavy atom. The van der Waals surface area contributed by atoms with Crippen molar-refractivity contribution in [2.45, 2.75) is 19.8 Å². The van der Waals surface area contributed by atoms with Gasteiger partial charge in [-0.05, 0) is 73.7 Å². The van der Waals surface area contributed by atoms with Gasteiger partial charge in [0, 0.05) is 48.8 Å². The average Bonchev–Trinajstić information content (AvgIpc) is 3.37. The number of nitrogens with zero attached hydrogens (tertiary/aromatic N) is 4. The smallest absolute Gasteiger partial charge is 0.404 e. The van der Waals surface area contributed by atoms with Gasteiger partial charge in [0.25, 0.3) is 5.91 Å². The van der Waals surface area contributed by atoms with E-state index in [1.807, 2.05) is 71.1 Å². The number of piperidine rings is 1. The summed E-state index contributed by atoms with van der Waals surface area (Å²) in [6.07, 6.45) is 5.97. The second kappa shape index (κ2) is 10.8. The summed E-state index contributed by atoms with van der Waals surface area (Å²) in [6, 6.07) is 13.5. The maximum absolute atomic E-state index is 13.2. The molecule has 3 heterocycles. The lowest BCUT2D eigenvalue weighted by atomic mass is 9.96. The van der Waals surface area contributed by atoms with Crippen LogP contribution in [0.4, 0.5) is 16.3 Å². The Bertz CT molecular complexity index is 1460. The van der Waals surface area contributed by atoms with Crippen molar-refractivity contribution in [1.82, 2.24) is 24.6 Å². The van der Waals surface area contributed by atoms with Crippen LogP contribution in [0.25, 0.3) is 16.9 Å². The Morgan fingerprint density at radius 3 is 2.55 bits per heavy atom. The zero-order valence-electron chi connectivity index (χ0n) is 21.3. The van der Waals surface area contributed by atoms with E-state index in [2.05, 4.69) is 20.6 Å². The molecule has 1 aliphatic rings. The summed E-state index contributed by atoms with van der Waals surface area (Å²) in [5, 5.41) is 14.6. The third kappa shape index (κ3) is 5.24. The first kappa shape index (κ1) is 25.1. The molecular weight excluding hydrogens is 484 g/mol. The van der Waals surface area contributed by atoms with Gasteiger partial charge in [0.15, 0.2) is 11.5 Å². The molecule has 3 N–H and O–H groups in total. The van der Waals surface area contributed by atoms with Gasteiger partial charge >= 0.3 is 6.09 Å². The molecule has 1 fully saturated rings. The first-order valence-corrected chi connectivity index (χ1v) is 12.5. The molecule has 0 bridgehead atoms. The van der Waals surface area contributed by atoms with Crippen molar-refractivity contribution in [3.63, 3.8) is 0 Å². The van der Waals surface area contributed by atoms with Crippen LogP contribution >= 0.6 is 0 Å². The van der Waals surface area contributed by atoms with Crippen LogP contribution in [-0.4, -0.2) is 63.1 Å². The number of nitrogens with one attached hydrogen (secondary N) is 2. The van der Waals surface area contributed by atoms with Crippen molar-refractivity contribution in [3.8, 4) is 17.0 Å². The van der Waals surface area contributed by atoms with Gasteiger partial charge in [0.2, 0.25) is 0 Å². The lowest BCUT2D eigenvalue weighted by Crippen LogP contribution is -2.41. The van der Waals surface area contributed by atoms with E-state index in [1.54, 1.807) is 13.3 Å². The highest BCUT2D eigenvalue weighted by atomic mass is 16.5. The number of hydrogen-bond acceptors (Lipinski definition) is 6. The molecule has 4 aromatic rings. The fraction of sp³-hybridized carbons (Fsp3) is 0.286. The highest BCUT2D eigenvalue weighted by Gasteiger charge is 2.25. The van der Waals surface area contributed by atoms with Crippen molar-refractivity contribution in [2.24, 2.45) is 5.92 Å². The summed E-state index contributed by atoms with van der Waals surface area (Å²) in [5.41, 5.74) is 4.97. The Morgan fingerprint density at radius 2 is 1.87 bits per heavy atom. The number of aryl methyl sites for hydroxylation is 1. The molecule has 0 atom stereocenters. The second-order valence-electron chi connectivity index (χ2n) is 9.42. The summed E-state index contributed by atoms with van der Waals surface area (Å²) < 4.78 is 7.24. The van der Waals surface area contributed by atoms with Crippen molar-refractivity contribution < 1.29 is 19.4 Å². The van der Waals surface area contributed by atoms with Crippen LogP contribution in [0.15, 0.2) is 61.1 Å². The number of rotatable bonds is 7. The first-order valence-electron chi connectivity index (χ1n) is 12.5. The van der Waals surface area contributed by atoms with Crippen molar-refractivity contribution >= 4 is 29.2 Å². The molecule has 38 heavy (non-hydrogen) atoms. The van der Waals surface area contributed by atoms with Gasteiger partial charge in [-0.25, -0.2) is 14.8 Å². The Hall–Kier alpha value is -4.60. The maximum atomic E-state index is 13.2. The number of methoxy groups -OCH3 is 1. The standard InChI is InChI=1S/C28H30N6O4/c1-18-15-21(5-8-23(18)27(35)33-12-9-19(10-13-33)16-31-28(36)37)32-25-26-30-17-24(34(26)14-11-29-25)20-3-6-22(38-2)7-4-20/h3-8,11,14-15,17,19,31H,9-10,12-13,16H2,1-2H3,(H,29,32)(H,36,37). The number of carbonyl (C=O) groups is 2. The maximum Gasteiger partial charge on any atom is 0.404 e. The van der Waals surface area contributed by atoms with E-state index in [9.17, 15) is 9.59 Å². The van der Waals surface area contributed by atoms with Crippen LogP contribution in [0, 0.1) is 12.8 Å². The summed E-state index contributed by atoms with van der Waals surface area (Å²) >= 11 is 0. The molecule has 0 radical (unpaired) electrons. The number of hydrogen-bond donors (Lipinski definition) is 3. The van der Waals surface area contributed by atoms with Gasteiger partial charge in [-0.2, -0.15) is 0 Å². The first-order chi connectivity index (χ1) is 18.4. The summed E-state index contributed by atoms with van der Waals surface area (Å²) in [6.45, 7) is 3.59. The van der Waals surface area contributed by atoms with Crippen LogP contribution in [0.1, 0.15) is 28.8 Å². The Labute approximate surface area is 220 Å². The number of amides is 2. The number of carboxylic acid groups (broad SMARTS) is 1. The van der Waals surface area contributed by atoms with E-state index in [1.165, 1.54) is 0 Å². The largest absolute Gasteiger partial charge is 0.497 e. The third-order valence-electron chi connectivity index (χ3n) is 6.98. The van der Waals surface area contributed by atoms with Crippen LogP contribution in [-0.2, 0) is 0 Å². The van der Waals surface area contributed by atoms with Gasteiger partial charge in [-0.15, -0.1) is 0 Å². The highest BCUT2D eigenvalue weighted by Crippen LogP contribution is 2.28. The minimum Gasteiger partial charge on any atom is -0.497 e. The van der Waals surface area contributed by atoms with E-state index in [-0.39, 0.29) is 11.8 Å². The average molecular weight is 515 g/mol. The number of fused-ring (bicyclic) bond motifs is 1. The van der Waals surface area contributed by atoms with Crippen LogP contribution < -0.4 is 15.4 Å². The van der Waals surface area contributed by atoms with Gasteiger partial charge in [-0.3, -0.25) is 9.20 Å². The number of ether oxygens (including phenoxy) is 1. The van der Waals surface area contributed by atoms with Crippen molar-refractivity contribution in [3.05, 3.63) is 72.2 Å². The van der Waals surface area contributed by atoms with E-state index in [0.29, 0.717) is 36.7 Å². The van der Waals surface area contributed by atoms with Gasteiger partial charge < -0.3 is 25.4 Å². The zero-order chi connectivity index (χ0) is 26.6. The van der Waals surface area contributed by atoms with E-state index in [0.717, 1.165) is 41.1 Å². The lowest BCUT2D eigenvalue weighted by Gasteiger charge is -2.32. The minimum absolute atomic E-state index is 0.00342. The second-order valence-corrected chi connectivity index (χ2v) is 9.42. The zero-order valence-corrected chi connectivity index (χ0v) is 21.3. The van der Waals surface area contributed by atoms with Crippen LogP contribution in [0.5, 0.6) is 5.75 Å². The third-order valence-corrected chi connectivity index (χ3v) is 6.98. The van der Waals surface area contributed by atoms with Gasteiger partial charge in [-0.1, -0.05) is 0 Å². The molecule has 10 heteroatoms.